The molecule has 3 heteroatoms. The highest BCUT2D eigenvalue weighted by molar-refractivity contribution is 5.75. The molecule has 0 heterocycles. The van der Waals surface area contributed by atoms with Crippen LogP contribution in [0.3, 0.4) is 0 Å². The molecule has 0 aliphatic rings. The molecule has 0 saturated heterocycles. The predicted octanol–water partition coefficient (Wildman–Crippen LogP) is 1.91. The van der Waals surface area contributed by atoms with E-state index < -0.39 is 5.97 Å². The second kappa shape index (κ2) is 11.2. The number of hydrogen-bond acceptors (Lipinski definition) is 1. The Morgan fingerprint density at radius 2 is 1.58 bits per heavy atom. The topological polar surface area (TPSA) is 37.3 Å². The molecule has 0 saturated carbocycles. The molecule has 0 aliphatic heterocycles. The first kappa shape index (κ1) is 14.7. The summed E-state index contributed by atoms with van der Waals surface area (Å²) in [6, 6.07) is 0. The minimum absolute atomic E-state index is 0. The zero-order valence-corrected chi connectivity index (χ0v) is 7.31. The van der Waals surface area contributed by atoms with Crippen molar-refractivity contribution >= 4 is 29.0 Å². The maximum atomic E-state index is 10.1. The molecule has 0 aromatic carbocycles. The second-order valence-corrected chi connectivity index (χ2v) is 2.91. The fourth-order valence-electron chi connectivity index (χ4n) is 1.06. The van der Waals surface area contributed by atoms with Gasteiger partial charge in [0.25, 0.3) is 0 Å². The van der Waals surface area contributed by atoms with Gasteiger partial charge in [-0.15, -0.1) is 0 Å². The van der Waals surface area contributed by atoms with E-state index in [-0.39, 0.29) is 23.1 Å². The summed E-state index contributed by atoms with van der Waals surface area (Å²) in [6.07, 6.45) is 7.25. The lowest BCUT2D eigenvalue weighted by molar-refractivity contribution is -0.137. The van der Waals surface area contributed by atoms with E-state index in [2.05, 4.69) is 6.92 Å². The van der Waals surface area contributed by atoms with Crippen molar-refractivity contribution in [2.45, 2.75) is 51.9 Å². The average Bonchev–Trinajstić information content (AvgIpc) is 1.96. The van der Waals surface area contributed by atoms with Crippen molar-refractivity contribution in [3.8, 4) is 0 Å². The molecule has 0 aromatic rings. The van der Waals surface area contributed by atoms with Crippen LogP contribution in [0.1, 0.15) is 51.9 Å². The molecule has 0 aliphatic carbocycles. The standard InChI is InChI=1S/C9H18O2.Mg.2H/c1-2-3-4-5-6-7-8-9(10)11;;;/h2-8H2,1H3,(H,10,11);;;. The summed E-state index contributed by atoms with van der Waals surface area (Å²) in [4.78, 5) is 10.1. The molecule has 0 unspecified atom stereocenters. The Hall–Kier alpha value is 0.236. The van der Waals surface area contributed by atoms with E-state index in [1.165, 1.54) is 25.7 Å². The third kappa shape index (κ3) is 12.9. The molecule has 0 rings (SSSR count). The quantitative estimate of drug-likeness (QED) is 0.485. The lowest BCUT2D eigenvalue weighted by atomic mass is 10.1. The van der Waals surface area contributed by atoms with E-state index in [0.29, 0.717) is 6.42 Å². The minimum Gasteiger partial charge on any atom is -0.481 e. The number of carboxylic acids is 1. The molecule has 0 radical (unpaired) electrons. The van der Waals surface area contributed by atoms with Gasteiger partial charge < -0.3 is 5.11 Å². The van der Waals surface area contributed by atoms with E-state index in [1.807, 2.05) is 0 Å². The Morgan fingerprint density at radius 1 is 1.08 bits per heavy atom. The van der Waals surface area contributed by atoms with Gasteiger partial charge in [-0.05, 0) is 6.42 Å². The SMILES string of the molecule is CCCCCCCCC(=O)O.[MgH2]. The Balaban J connectivity index is 0. The first-order valence-electron chi connectivity index (χ1n) is 4.49. The predicted molar refractivity (Wildman–Crippen MR) is 54.2 cm³/mol. The number of unbranched alkanes of at least 4 members (excludes halogenated alkanes) is 5. The monoisotopic (exact) mass is 184 g/mol. The highest BCUT2D eigenvalue weighted by Crippen LogP contribution is 2.06. The van der Waals surface area contributed by atoms with Gasteiger partial charge in [0.1, 0.15) is 0 Å². The Morgan fingerprint density at radius 3 is 2.08 bits per heavy atom. The summed E-state index contributed by atoms with van der Waals surface area (Å²) in [5.41, 5.74) is 0. The van der Waals surface area contributed by atoms with Gasteiger partial charge in [-0.25, -0.2) is 0 Å². The Kier molecular flexibility index (Phi) is 13.8. The fraction of sp³-hybridized carbons (Fsp3) is 0.889. The van der Waals surface area contributed by atoms with Crippen LogP contribution in [0.4, 0.5) is 0 Å². The zero-order valence-electron chi connectivity index (χ0n) is 7.31. The third-order valence-corrected chi connectivity index (χ3v) is 1.74. The van der Waals surface area contributed by atoms with Crippen LogP contribution in [0.2, 0.25) is 0 Å². The molecule has 70 valence electrons. The summed E-state index contributed by atoms with van der Waals surface area (Å²) in [6.45, 7) is 2.18. The van der Waals surface area contributed by atoms with E-state index in [1.54, 1.807) is 0 Å². The molecule has 0 spiro atoms. The number of carbonyl (C=O) groups is 1. The van der Waals surface area contributed by atoms with Gasteiger partial charge in [0.15, 0.2) is 0 Å². The number of aliphatic carboxylic acids is 1. The van der Waals surface area contributed by atoms with Crippen molar-refractivity contribution < 1.29 is 9.90 Å². The molecule has 12 heavy (non-hydrogen) atoms. The van der Waals surface area contributed by atoms with Crippen molar-refractivity contribution in [3.63, 3.8) is 0 Å². The molecular formula is C9H20MgO2. The summed E-state index contributed by atoms with van der Waals surface area (Å²) in [5.74, 6) is -0.666. The van der Waals surface area contributed by atoms with Gasteiger partial charge in [0.05, 0.1) is 0 Å². The Labute approximate surface area is 90.9 Å². The first-order chi connectivity index (χ1) is 5.27. The number of rotatable bonds is 7. The van der Waals surface area contributed by atoms with Gasteiger partial charge in [0, 0.05) is 6.42 Å². The maximum absolute atomic E-state index is 10.1. The van der Waals surface area contributed by atoms with Crippen LogP contribution in [0.5, 0.6) is 0 Å². The lowest BCUT2D eigenvalue weighted by Gasteiger charge is -1.97. The molecule has 1 N–H and O–H groups in total. The highest BCUT2D eigenvalue weighted by atomic mass is 24.3. The second-order valence-electron chi connectivity index (χ2n) is 2.91. The van der Waals surface area contributed by atoms with E-state index in [0.717, 1.165) is 12.8 Å². The van der Waals surface area contributed by atoms with Gasteiger partial charge in [-0.2, -0.15) is 0 Å². The van der Waals surface area contributed by atoms with Crippen LogP contribution in [0.25, 0.3) is 0 Å². The molecule has 0 atom stereocenters. The summed E-state index contributed by atoms with van der Waals surface area (Å²) in [5, 5.41) is 8.32. The van der Waals surface area contributed by atoms with Crippen molar-refractivity contribution in [3.05, 3.63) is 0 Å². The molecule has 2 nitrogen and oxygen atoms in total. The number of hydrogen-bond donors (Lipinski definition) is 1. The number of carboxylic acid groups (broad SMARTS) is 1. The van der Waals surface area contributed by atoms with Gasteiger partial charge >= 0.3 is 29.0 Å². The first-order valence-corrected chi connectivity index (χ1v) is 4.49. The van der Waals surface area contributed by atoms with Crippen molar-refractivity contribution in [1.82, 2.24) is 0 Å². The smallest absolute Gasteiger partial charge is 0.316 e. The molecule has 0 fully saturated rings. The van der Waals surface area contributed by atoms with Crippen molar-refractivity contribution in [1.29, 1.82) is 0 Å². The third-order valence-electron chi connectivity index (χ3n) is 1.74. The molecule has 0 amide bonds. The van der Waals surface area contributed by atoms with Crippen molar-refractivity contribution in [2.75, 3.05) is 0 Å². The van der Waals surface area contributed by atoms with Crippen LogP contribution >= 0.6 is 0 Å². The highest BCUT2D eigenvalue weighted by Gasteiger charge is 1.95. The fourth-order valence-corrected chi connectivity index (χ4v) is 1.06. The van der Waals surface area contributed by atoms with E-state index in [9.17, 15) is 4.79 Å². The van der Waals surface area contributed by atoms with Crippen LogP contribution in [0, 0.1) is 0 Å². The molecule has 0 bridgehead atoms. The van der Waals surface area contributed by atoms with Gasteiger partial charge in [-0.3, -0.25) is 4.79 Å². The molecular weight excluding hydrogens is 164 g/mol. The summed E-state index contributed by atoms with van der Waals surface area (Å²) < 4.78 is 0. The minimum atomic E-state index is -0.666. The van der Waals surface area contributed by atoms with Gasteiger partial charge in [-0.1, -0.05) is 39.0 Å². The maximum Gasteiger partial charge on any atom is 0.316 e. The van der Waals surface area contributed by atoms with Crippen LogP contribution in [-0.2, 0) is 4.79 Å². The largest absolute Gasteiger partial charge is 0.481 e. The van der Waals surface area contributed by atoms with Crippen molar-refractivity contribution in [2.24, 2.45) is 0 Å². The van der Waals surface area contributed by atoms with Crippen LogP contribution in [-0.4, -0.2) is 34.1 Å². The average molecular weight is 185 g/mol. The lowest BCUT2D eigenvalue weighted by Crippen LogP contribution is -1.93. The Bertz CT molecular complexity index is 105. The zero-order chi connectivity index (χ0) is 8.53. The van der Waals surface area contributed by atoms with Crippen LogP contribution < -0.4 is 0 Å². The summed E-state index contributed by atoms with van der Waals surface area (Å²) >= 11 is 0. The normalized spacial score (nSPS) is 9.08. The molecule has 0 aromatic heterocycles. The summed E-state index contributed by atoms with van der Waals surface area (Å²) in [7, 11) is 0. The van der Waals surface area contributed by atoms with E-state index in [4.69, 9.17) is 5.11 Å². The van der Waals surface area contributed by atoms with Gasteiger partial charge in [0.2, 0.25) is 0 Å². The van der Waals surface area contributed by atoms with Crippen LogP contribution in [0.15, 0.2) is 0 Å². The van der Waals surface area contributed by atoms with E-state index >= 15 is 0 Å².